The Balaban J connectivity index is 1.24. The molecule has 6 rings (SSSR count). The van der Waals surface area contributed by atoms with Crippen LogP contribution in [0.1, 0.15) is 22.3 Å². The quantitative estimate of drug-likeness (QED) is 0.204. The zero-order valence-corrected chi connectivity index (χ0v) is 22.1. The normalized spacial score (nSPS) is 14.6. The highest BCUT2D eigenvalue weighted by atomic mass is 35.5. The van der Waals surface area contributed by atoms with Gasteiger partial charge >= 0.3 is 12.0 Å². The van der Waals surface area contributed by atoms with E-state index in [-0.39, 0.29) is 40.9 Å². The van der Waals surface area contributed by atoms with Crippen molar-refractivity contribution in [3.8, 4) is 28.9 Å². The molecular weight excluding hydrogens is 556 g/mol. The predicted molar refractivity (Wildman–Crippen MR) is 146 cm³/mol. The molecule has 1 aliphatic rings. The van der Waals surface area contributed by atoms with Crippen LogP contribution in [-0.2, 0) is 17.9 Å². The van der Waals surface area contributed by atoms with Gasteiger partial charge in [0.15, 0.2) is 11.6 Å². The van der Waals surface area contributed by atoms with Crippen molar-refractivity contribution in [3.05, 3.63) is 101 Å². The largest absolute Gasteiger partial charge is 0.478 e. The Morgan fingerprint density at radius 3 is 2.63 bits per heavy atom. The van der Waals surface area contributed by atoms with Crippen LogP contribution in [0.15, 0.2) is 72.8 Å². The highest BCUT2D eigenvalue weighted by Gasteiger charge is 2.24. The van der Waals surface area contributed by atoms with Gasteiger partial charge < -0.3 is 19.3 Å². The Morgan fingerprint density at radius 2 is 1.90 bits per heavy atom. The number of ether oxygens (including phenoxy) is 3. The van der Waals surface area contributed by atoms with E-state index < -0.39 is 17.6 Å². The Bertz CT molecular complexity index is 1770. The van der Waals surface area contributed by atoms with Crippen molar-refractivity contribution in [2.45, 2.75) is 25.7 Å². The molecule has 1 unspecified atom stereocenters. The lowest BCUT2D eigenvalue weighted by Gasteiger charge is -2.27. The lowest BCUT2D eigenvalue weighted by molar-refractivity contribution is -0.0593. The van der Waals surface area contributed by atoms with Crippen LogP contribution in [0.4, 0.5) is 8.78 Å². The highest BCUT2D eigenvalue weighted by molar-refractivity contribution is 6.30. The van der Waals surface area contributed by atoms with Gasteiger partial charge in [0.25, 0.3) is 0 Å². The number of imidazole rings is 1. The summed E-state index contributed by atoms with van der Waals surface area (Å²) >= 11 is 5.80. The smallest absolute Gasteiger partial charge is 0.335 e. The maximum absolute atomic E-state index is 15.3. The van der Waals surface area contributed by atoms with Gasteiger partial charge in [0.2, 0.25) is 5.88 Å². The number of halogens is 3. The molecule has 1 saturated heterocycles. The van der Waals surface area contributed by atoms with Gasteiger partial charge in [-0.1, -0.05) is 23.7 Å². The summed E-state index contributed by atoms with van der Waals surface area (Å²) in [5.41, 5.74) is 2.41. The van der Waals surface area contributed by atoms with Gasteiger partial charge in [0.1, 0.15) is 12.4 Å². The van der Waals surface area contributed by atoms with Crippen molar-refractivity contribution in [3.63, 3.8) is 0 Å². The van der Waals surface area contributed by atoms with E-state index in [1.54, 1.807) is 41.0 Å². The van der Waals surface area contributed by atoms with Gasteiger partial charge in [0.05, 0.1) is 34.9 Å². The molecule has 3 aromatic carbocycles. The third kappa shape index (κ3) is 5.70. The Kier molecular flexibility index (Phi) is 7.25. The molecule has 1 fully saturated rings. The number of pyridine rings is 1. The first-order valence-corrected chi connectivity index (χ1v) is 13.1. The molecule has 0 amide bonds. The third-order valence-corrected chi connectivity index (χ3v) is 6.92. The second-order valence-corrected chi connectivity index (χ2v) is 9.86. The van der Waals surface area contributed by atoms with Crippen LogP contribution >= 0.6 is 11.6 Å². The van der Waals surface area contributed by atoms with Crippen LogP contribution in [-0.4, -0.2) is 38.3 Å². The third-order valence-electron chi connectivity index (χ3n) is 6.68. The predicted octanol–water partition coefficient (Wildman–Crippen LogP) is 6.89. The average Bonchev–Trinajstić information content (AvgIpc) is 3.27. The summed E-state index contributed by atoms with van der Waals surface area (Å²) in [6.07, 6.45) is 0.762. The number of fused-ring (bicyclic) bond motifs is 1. The zero-order valence-electron chi connectivity index (χ0n) is 21.4. The van der Waals surface area contributed by atoms with Crippen molar-refractivity contribution in [1.29, 1.82) is 0 Å². The van der Waals surface area contributed by atoms with Crippen LogP contribution in [0.25, 0.3) is 22.3 Å². The molecule has 0 saturated carbocycles. The fourth-order valence-electron chi connectivity index (χ4n) is 4.41. The molecule has 2 aromatic heterocycles. The molecule has 3 heterocycles. The Morgan fingerprint density at radius 1 is 1.05 bits per heavy atom. The maximum atomic E-state index is 15.3. The van der Waals surface area contributed by atoms with E-state index >= 15 is 4.39 Å². The molecule has 0 radical (unpaired) electrons. The van der Waals surface area contributed by atoms with Crippen LogP contribution < -0.4 is 9.47 Å². The van der Waals surface area contributed by atoms with Crippen molar-refractivity contribution < 1.29 is 32.9 Å². The molecule has 1 N–H and O–H groups in total. The lowest BCUT2D eigenvalue weighted by Crippen LogP contribution is -2.31. The molecule has 5 aromatic rings. The maximum Gasteiger partial charge on any atom is 0.335 e. The van der Waals surface area contributed by atoms with Gasteiger partial charge in [0, 0.05) is 28.8 Å². The van der Waals surface area contributed by atoms with E-state index in [9.17, 15) is 14.3 Å². The number of aromatic nitrogens is 3. The van der Waals surface area contributed by atoms with E-state index in [1.165, 1.54) is 36.4 Å². The van der Waals surface area contributed by atoms with Gasteiger partial charge in [-0.25, -0.2) is 18.6 Å². The van der Waals surface area contributed by atoms with Gasteiger partial charge in [-0.15, -0.1) is 0 Å². The Hall–Kier alpha value is -4.54. The summed E-state index contributed by atoms with van der Waals surface area (Å²) in [6, 6.07) is 18.4. The van der Waals surface area contributed by atoms with Crippen molar-refractivity contribution in [2.75, 3.05) is 6.61 Å². The van der Waals surface area contributed by atoms with E-state index in [4.69, 9.17) is 25.8 Å². The van der Waals surface area contributed by atoms with Crippen LogP contribution in [0.5, 0.6) is 17.6 Å². The lowest BCUT2D eigenvalue weighted by atomic mass is 10.1. The minimum Gasteiger partial charge on any atom is -0.478 e. The second kappa shape index (κ2) is 11.1. The zero-order chi connectivity index (χ0) is 28.5. The second-order valence-electron chi connectivity index (χ2n) is 9.43. The standard InChI is InChI=1S/C30H22ClF2N3O5/c31-20-7-4-19(22(32)14-20)16-40-28-3-1-2-24(34-28)17-6-9-27(23(33)12-17)41-30-35-25-8-5-18(29(37)38)13-26(25)36(30)15-21-10-11-39-21/h1-9,12-14,21H,10-11,15-16H2,(H,37,38). The van der Waals surface area contributed by atoms with Crippen molar-refractivity contribution in [2.24, 2.45) is 0 Å². The van der Waals surface area contributed by atoms with Crippen molar-refractivity contribution >= 4 is 28.6 Å². The number of aromatic carboxylic acids is 1. The first kappa shape index (κ1) is 26.7. The van der Waals surface area contributed by atoms with Crippen LogP contribution in [0.3, 0.4) is 0 Å². The average molecular weight is 578 g/mol. The minimum atomic E-state index is -1.07. The summed E-state index contributed by atoms with van der Waals surface area (Å²) in [4.78, 5) is 20.4. The molecule has 11 heteroatoms. The molecular formula is C30H22ClF2N3O5. The number of hydrogen-bond donors (Lipinski definition) is 1. The van der Waals surface area contributed by atoms with E-state index in [1.807, 2.05) is 0 Å². The van der Waals surface area contributed by atoms with E-state index in [2.05, 4.69) is 9.97 Å². The van der Waals surface area contributed by atoms with Gasteiger partial charge in [-0.2, -0.15) is 4.98 Å². The number of nitrogens with zero attached hydrogens (tertiary/aromatic N) is 3. The van der Waals surface area contributed by atoms with E-state index in [0.717, 1.165) is 6.42 Å². The van der Waals surface area contributed by atoms with E-state index in [0.29, 0.717) is 41.0 Å². The number of benzene rings is 3. The molecule has 0 spiro atoms. The van der Waals surface area contributed by atoms with Crippen molar-refractivity contribution in [1.82, 2.24) is 14.5 Å². The summed E-state index contributed by atoms with van der Waals surface area (Å²) in [5.74, 6) is -2.02. The number of hydrogen-bond acceptors (Lipinski definition) is 6. The van der Waals surface area contributed by atoms with Crippen LogP contribution in [0.2, 0.25) is 5.02 Å². The number of carbonyl (C=O) groups is 1. The Labute approximate surface area is 237 Å². The molecule has 1 atom stereocenters. The molecule has 0 bridgehead atoms. The molecule has 0 aliphatic carbocycles. The fraction of sp³-hybridized carbons (Fsp3) is 0.167. The number of carboxylic acid groups (broad SMARTS) is 1. The SMILES string of the molecule is O=C(O)c1ccc2nc(Oc3ccc(-c4cccc(OCc5ccc(Cl)cc5F)n4)cc3F)n(CC3CCO3)c2c1. The van der Waals surface area contributed by atoms with Gasteiger partial charge in [-0.3, -0.25) is 4.57 Å². The molecule has 208 valence electrons. The topological polar surface area (TPSA) is 95.7 Å². The summed E-state index contributed by atoms with van der Waals surface area (Å²) in [7, 11) is 0. The fourth-order valence-corrected chi connectivity index (χ4v) is 4.57. The molecule has 8 nitrogen and oxygen atoms in total. The monoisotopic (exact) mass is 577 g/mol. The first-order chi connectivity index (χ1) is 19.8. The summed E-state index contributed by atoms with van der Waals surface area (Å²) < 4.78 is 48.2. The van der Waals surface area contributed by atoms with Crippen LogP contribution in [0, 0.1) is 11.6 Å². The molecule has 1 aliphatic heterocycles. The summed E-state index contributed by atoms with van der Waals surface area (Å²) in [5, 5.41) is 9.71. The molecule has 41 heavy (non-hydrogen) atoms. The number of rotatable bonds is 9. The summed E-state index contributed by atoms with van der Waals surface area (Å²) in [6.45, 7) is 0.967. The first-order valence-electron chi connectivity index (χ1n) is 12.7. The highest BCUT2D eigenvalue weighted by Crippen LogP contribution is 2.32. The minimum absolute atomic E-state index is 0.0541. The van der Waals surface area contributed by atoms with Gasteiger partial charge in [-0.05, 0) is 61.0 Å². The number of carboxylic acids is 1.